The Kier molecular flexibility index (Phi) is 5.53. The quantitative estimate of drug-likeness (QED) is 0.132. The largest absolute Gasteiger partial charge is 0.422 e. The maximum atomic E-state index is 14.0. The van der Waals surface area contributed by atoms with Crippen LogP contribution < -0.4 is 5.63 Å². The third-order valence-electron chi connectivity index (χ3n) is 11.1. The predicted molar refractivity (Wildman–Crippen MR) is 216 cm³/mol. The first-order valence-corrected chi connectivity index (χ1v) is 19.5. The summed E-state index contributed by atoms with van der Waals surface area (Å²) in [5.41, 5.74) is 13.3. The molecule has 0 amide bonds. The Bertz CT molecular complexity index is 3140. The van der Waals surface area contributed by atoms with Gasteiger partial charge in [-0.15, -0.1) is 34.0 Å². The van der Waals surface area contributed by atoms with E-state index in [9.17, 15) is 4.79 Å². The van der Waals surface area contributed by atoms with Gasteiger partial charge in [-0.1, -0.05) is 109 Å². The van der Waals surface area contributed by atoms with Gasteiger partial charge >= 0.3 is 5.63 Å². The van der Waals surface area contributed by atoms with Gasteiger partial charge in [0.15, 0.2) is 0 Å². The summed E-state index contributed by atoms with van der Waals surface area (Å²) >= 11 is 5.46. The smallest absolute Gasteiger partial charge is 0.344 e. The SMILES string of the molecule is O=c1oc2ccccc2c2c(-c3cccc4c3-c3ccccc3C43c4ccccc4-c4ccccc43)cc(-c3cc4sc5ccsc5c4s3)cc12. The summed E-state index contributed by atoms with van der Waals surface area (Å²) < 4.78 is 11.3. The molecule has 4 aromatic heterocycles. The molecular formula is C46H24O2S3. The predicted octanol–water partition coefficient (Wildman–Crippen LogP) is 13.1. The van der Waals surface area contributed by atoms with E-state index in [1.54, 1.807) is 11.3 Å². The zero-order valence-electron chi connectivity index (χ0n) is 26.9. The van der Waals surface area contributed by atoms with Crippen molar-refractivity contribution in [1.82, 2.24) is 0 Å². The molecule has 10 aromatic rings. The van der Waals surface area contributed by atoms with Crippen LogP contribution in [0.25, 0.3) is 84.4 Å². The number of fused-ring (bicyclic) bond motifs is 16. The van der Waals surface area contributed by atoms with Crippen molar-refractivity contribution in [2.45, 2.75) is 5.41 Å². The van der Waals surface area contributed by atoms with E-state index in [1.807, 2.05) is 40.9 Å². The van der Waals surface area contributed by atoms with Gasteiger partial charge in [-0.3, -0.25) is 0 Å². The lowest BCUT2D eigenvalue weighted by molar-refractivity contribution is 0.570. The van der Waals surface area contributed by atoms with Crippen LogP contribution in [0.4, 0.5) is 0 Å². The molecule has 2 aliphatic rings. The molecule has 1 spiro atoms. The Hall–Kier alpha value is -5.59. The lowest BCUT2D eigenvalue weighted by atomic mass is 9.70. The van der Waals surface area contributed by atoms with Crippen molar-refractivity contribution in [3.8, 4) is 43.8 Å². The van der Waals surface area contributed by atoms with Crippen LogP contribution in [0.5, 0.6) is 0 Å². The van der Waals surface area contributed by atoms with Crippen LogP contribution in [0.2, 0.25) is 0 Å². The van der Waals surface area contributed by atoms with Gasteiger partial charge in [-0.2, -0.15) is 0 Å². The molecule has 2 aliphatic carbocycles. The Labute approximate surface area is 304 Å². The van der Waals surface area contributed by atoms with Crippen molar-refractivity contribution in [3.63, 3.8) is 0 Å². The molecule has 0 atom stereocenters. The van der Waals surface area contributed by atoms with Gasteiger partial charge in [-0.25, -0.2) is 4.79 Å². The highest BCUT2D eigenvalue weighted by molar-refractivity contribution is 7.39. The number of para-hydroxylation sites is 1. The van der Waals surface area contributed by atoms with Crippen molar-refractivity contribution < 1.29 is 4.42 Å². The molecular weight excluding hydrogens is 681 g/mol. The average Bonchev–Trinajstić information content (AvgIpc) is 3.98. The highest BCUT2D eigenvalue weighted by atomic mass is 32.1. The molecule has 6 aromatic carbocycles. The summed E-state index contributed by atoms with van der Waals surface area (Å²) in [6.07, 6.45) is 0. The maximum Gasteiger partial charge on any atom is 0.344 e. The lowest BCUT2D eigenvalue weighted by Crippen LogP contribution is -2.25. The molecule has 238 valence electrons. The average molecular weight is 705 g/mol. The van der Waals surface area contributed by atoms with Crippen LogP contribution in [0.1, 0.15) is 22.3 Å². The first-order valence-electron chi connectivity index (χ1n) is 17.0. The lowest BCUT2D eigenvalue weighted by Gasteiger charge is -2.30. The second-order valence-corrected chi connectivity index (χ2v) is 16.5. The topological polar surface area (TPSA) is 30.2 Å². The Balaban J connectivity index is 1.22. The molecule has 0 saturated carbocycles. The van der Waals surface area contributed by atoms with Crippen LogP contribution in [-0.2, 0) is 5.41 Å². The molecule has 12 rings (SSSR count). The summed E-state index contributed by atoms with van der Waals surface area (Å²) in [6, 6.07) is 50.4. The normalized spacial score (nSPS) is 13.7. The summed E-state index contributed by atoms with van der Waals surface area (Å²) in [4.78, 5) is 15.1. The maximum absolute atomic E-state index is 14.0. The molecule has 51 heavy (non-hydrogen) atoms. The Morgan fingerprint density at radius 2 is 1.18 bits per heavy atom. The first kappa shape index (κ1) is 28.1. The fourth-order valence-corrected chi connectivity index (χ4v) is 12.9. The van der Waals surface area contributed by atoms with Gasteiger partial charge < -0.3 is 4.42 Å². The van der Waals surface area contributed by atoms with Crippen LogP contribution in [0.3, 0.4) is 0 Å². The van der Waals surface area contributed by atoms with Crippen LogP contribution in [-0.4, -0.2) is 0 Å². The highest BCUT2D eigenvalue weighted by Crippen LogP contribution is 2.64. The monoisotopic (exact) mass is 704 g/mol. The number of rotatable bonds is 2. The molecule has 2 nitrogen and oxygen atoms in total. The molecule has 4 heterocycles. The zero-order chi connectivity index (χ0) is 33.4. The van der Waals surface area contributed by atoms with Crippen LogP contribution in [0, 0.1) is 0 Å². The Morgan fingerprint density at radius 1 is 0.510 bits per heavy atom. The fourth-order valence-electron chi connectivity index (χ4n) is 9.15. The second-order valence-electron chi connectivity index (χ2n) is 13.5. The molecule has 0 radical (unpaired) electrons. The molecule has 5 heteroatoms. The minimum Gasteiger partial charge on any atom is -0.422 e. The molecule has 0 unspecified atom stereocenters. The summed E-state index contributed by atoms with van der Waals surface area (Å²) in [5, 5.41) is 4.65. The summed E-state index contributed by atoms with van der Waals surface area (Å²) in [5.74, 6) is 0. The molecule has 0 N–H and O–H groups in total. The van der Waals surface area contributed by atoms with Crippen molar-refractivity contribution >= 4 is 74.6 Å². The molecule has 0 saturated heterocycles. The minimum absolute atomic E-state index is 0.311. The second kappa shape index (κ2) is 10.0. The minimum atomic E-state index is -0.451. The van der Waals surface area contributed by atoms with Gasteiger partial charge in [0.25, 0.3) is 0 Å². The van der Waals surface area contributed by atoms with Crippen LogP contribution in [0.15, 0.2) is 154 Å². The van der Waals surface area contributed by atoms with Gasteiger partial charge in [0, 0.05) is 25.0 Å². The van der Waals surface area contributed by atoms with Crippen LogP contribution >= 0.6 is 34.0 Å². The van der Waals surface area contributed by atoms with E-state index in [-0.39, 0.29) is 5.63 Å². The van der Waals surface area contributed by atoms with E-state index in [1.165, 1.54) is 63.3 Å². The number of hydrogen-bond donors (Lipinski definition) is 0. The van der Waals surface area contributed by atoms with Crippen molar-refractivity contribution in [3.05, 3.63) is 178 Å². The highest BCUT2D eigenvalue weighted by Gasteiger charge is 2.52. The van der Waals surface area contributed by atoms with Gasteiger partial charge in [0.2, 0.25) is 0 Å². The number of hydrogen-bond acceptors (Lipinski definition) is 5. The van der Waals surface area contributed by atoms with Crippen molar-refractivity contribution in [1.29, 1.82) is 0 Å². The zero-order valence-corrected chi connectivity index (χ0v) is 29.3. The first-order chi connectivity index (χ1) is 25.2. The number of benzene rings is 6. The van der Waals surface area contributed by atoms with E-state index in [4.69, 9.17) is 4.42 Å². The van der Waals surface area contributed by atoms with E-state index in [0.29, 0.717) is 11.0 Å². The van der Waals surface area contributed by atoms with E-state index in [0.717, 1.165) is 32.3 Å². The number of thiophene rings is 3. The summed E-state index contributed by atoms with van der Waals surface area (Å²) in [7, 11) is 0. The van der Waals surface area contributed by atoms with Crippen molar-refractivity contribution in [2.24, 2.45) is 0 Å². The third kappa shape index (κ3) is 3.53. The fraction of sp³-hybridized carbons (Fsp3) is 0.0217. The Morgan fingerprint density at radius 3 is 1.98 bits per heavy atom. The summed E-state index contributed by atoms with van der Waals surface area (Å²) in [6.45, 7) is 0. The standard InChI is InChI=1S/C46H24O2S3/c47-45-32-23-25(39-24-40-44(51-39)43-38(50-40)20-21-49-43)22-31(41(32)30-13-4-8-19-37(30)48-45)28-14-9-18-36-42(28)29-12-3-7-17-35(29)46(36)33-15-5-1-10-26(33)27-11-2-6-16-34(27)46/h1-24H. The van der Waals surface area contributed by atoms with E-state index in [2.05, 4.69) is 127 Å². The van der Waals surface area contributed by atoms with E-state index < -0.39 is 5.41 Å². The molecule has 0 aliphatic heterocycles. The van der Waals surface area contributed by atoms with Gasteiger partial charge in [-0.05, 0) is 96.9 Å². The van der Waals surface area contributed by atoms with E-state index >= 15 is 0 Å². The third-order valence-corrected chi connectivity index (χ3v) is 14.7. The van der Waals surface area contributed by atoms with Crippen molar-refractivity contribution in [2.75, 3.05) is 0 Å². The molecule has 0 bridgehead atoms. The molecule has 0 fully saturated rings. The van der Waals surface area contributed by atoms with Gasteiger partial charge in [0.05, 0.1) is 20.2 Å². The van der Waals surface area contributed by atoms with Gasteiger partial charge in [0.1, 0.15) is 5.58 Å².